The van der Waals surface area contributed by atoms with E-state index in [-0.39, 0.29) is 24.0 Å². The molecule has 0 unspecified atom stereocenters. The first kappa shape index (κ1) is 25.2. The van der Waals surface area contributed by atoms with Crippen LogP contribution in [0.3, 0.4) is 0 Å². The molecular formula is C25H34IN7. The van der Waals surface area contributed by atoms with Crippen LogP contribution in [0.2, 0.25) is 0 Å². The predicted molar refractivity (Wildman–Crippen MR) is 144 cm³/mol. The Labute approximate surface area is 213 Å². The van der Waals surface area contributed by atoms with E-state index in [2.05, 4.69) is 73.1 Å². The first-order valence-electron chi connectivity index (χ1n) is 11.3. The van der Waals surface area contributed by atoms with Gasteiger partial charge in [0.05, 0.1) is 5.69 Å². The number of hydrogen-bond acceptors (Lipinski definition) is 4. The minimum absolute atomic E-state index is 0. The number of aliphatic imine (C=N–C) groups is 1. The number of rotatable bonds is 6. The van der Waals surface area contributed by atoms with Crippen LogP contribution in [0.25, 0.3) is 5.82 Å². The molecule has 1 aromatic carbocycles. The van der Waals surface area contributed by atoms with Crippen LogP contribution in [0.15, 0.2) is 59.7 Å². The van der Waals surface area contributed by atoms with Crippen molar-refractivity contribution in [2.24, 2.45) is 4.99 Å². The Kier molecular flexibility index (Phi) is 9.25. The van der Waals surface area contributed by atoms with Crippen LogP contribution in [-0.4, -0.2) is 51.8 Å². The van der Waals surface area contributed by atoms with E-state index in [4.69, 9.17) is 0 Å². The highest BCUT2D eigenvalue weighted by Crippen LogP contribution is 2.14. The molecule has 0 aliphatic carbocycles. The lowest BCUT2D eigenvalue weighted by Gasteiger charge is -2.33. The number of halogens is 1. The third-order valence-corrected chi connectivity index (χ3v) is 5.90. The van der Waals surface area contributed by atoms with E-state index in [1.165, 1.54) is 5.56 Å². The number of benzene rings is 1. The molecule has 1 saturated heterocycles. The van der Waals surface area contributed by atoms with Crippen molar-refractivity contribution in [2.45, 2.75) is 45.8 Å². The largest absolute Gasteiger partial charge is 0.354 e. The van der Waals surface area contributed by atoms with Crippen molar-refractivity contribution in [3.05, 3.63) is 77.2 Å². The Hall–Kier alpha value is -2.46. The zero-order valence-corrected chi connectivity index (χ0v) is 22.0. The maximum atomic E-state index is 4.58. The molecule has 2 aromatic heterocycles. The molecule has 0 bridgehead atoms. The predicted octanol–water partition coefficient (Wildman–Crippen LogP) is 3.83. The fraction of sp³-hybridized carbons (Fsp3) is 0.400. The molecule has 0 saturated carbocycles. The van der Waals surface area contributed by atoms with Gasteiger partial charge in [-0.15, -0.1) is 24.0 Å². The zero-order chi connectivity index (χ0) is 22.3. The van der Waals surface area contributed by atoms with Crippen molar-refractivity contribution in [3.63, 3.8) is 0 Å². The third kappa shape index (κ3) is 7.01. The lowest BCUT2D eigenvalue weighted by molar-refractivity contribution is 0.198. The van der Waals surface area contributed by atoms with Gasteiger partial charge in [-0.05, 0) is 49.9 Å². The molecule has 176 valence electrons. The van der Waals surface area contributed by atoms with E-state index >= 15 is 0 Å². The topological polar surface area (TPSA) is 70.4 Å². The summed E-state index contributed by atoms with van der Waals surface area (Å²) in [4.78, 5) is 11.5. The number of likely N-dealkylation sites (tertiary alicyclic amines) is 1. The standard InChI is InChI=1S/C25H33N7.HI/c1-19-15-20(2)32(30-19)24-10-9-22(16-27-24)17-28-25(26-3)29-23-11-13-31(14-12-23)18-21-7-5-4-6-8-21;/h4-10,15-16,23H,11-14,17-18H2,1-3H3,(H2,26,28,29);1H. The maximum absolute atomic E-state index is 4.58. The molecule has 8 heteroatoms. The number of hydrogen-bond donors (Lipinski definition) is 2. The van der Waals surface area contributed by atoms with Gasteiger partial charge in [-0.2, -0.15) is 5.10 Å². The van der Waals surface area contributed by atoms with Gasteiger partial charge in [-0.1, -0.05) is 36.4 Å². The minimum Gasteiger partial charge on any atom is -0.354 e. The Bertz CT molecular complexity index is 1020. The van der Waals surface area contributed by atoms with Crippen LogP contribution < -0.4 is 10.6 Å². The van der Waals surface area contributed by atoms with Crippen LogP contribution in [0.5, 0.6) is 0 Å². The van der Waals surface area contributed by atoms with Crippen LogP contribution in [0, 0.1) is 13.8 Å². The van der Waals surface area contributed by atoms with Crippen molar-refractivity contribution in [2.75, 3.05) is 20.1 Å². The van der Waals surface area contributed by atoms with E-state index in [9.17, 15) is 0 Å². The summed E-state index contributed by atoms with van der Waals surface area (Å²) in [6.45, 7) is 7.94. The van der Waals surface area contributed by atoms with Crippen molar-refractivity contribution in [1.82, 2.24) is 30.3 Å². The molecule has 0 spiro atoms. The van der Waals surface area contributed by atoms with Gasteiger partial charge in [0.2, 0.25) is 0 Å². The number of guanidine groups is 1. The summed E-state index contributed by atoms with van der Waals surface area (Å²) < 4.78 is 1.87. The molecule has 0 radical (unpaired) electrons. The van der Waals surface area contributed by atoms with Gasteiger partial charge in [0.15, 0.2) is 11.8 Å². The molecule has 1 aliphatic rings. The number of pyridine rings is 1. The summed E-state index contributed by atoms with van der Waals surface area (Å²) >= 11 is 0. The number of piperidine rings is 1. The summed E-state index contributed by atoms with van der Waals surface area (Å²) in [6.07, 6.45) is 4.13. The molecule has 33 heavy (non-hydrogen) atoms. The van der Waals surface area contributed by atoms with Gasteiger partial charge in [-0.3, -0.25) is 9.89 Å². The van der Waals surface area contributed by atoms with E-state index in [1.54, 1.807) is 0 Å². The fourth-order valence-electron chi connectivity index (χ4n) is 4.16. The van der Waals surface area contributed by atoms with Gasteiger partial charge >= 0.3 is 0 Å². The third-order valence-electron chi connectivity index (χ3n) is 5.90. The Morgan fingerprint density at radius 3 is 2.42 bits per heavy atom. The molecule has 4 rings (SSSR count). The van der Waals surface area contributed by atoms with Gasteiger partial charge < -0.3 is 10.6 Å². The average molecular weight is 560 g/mol. The van der Waals surface area contributed by atoms with Gasteiger partial charge in [0.1, 0.15) is 0 Å². The van der Waals surface area contributed by atoms with Crippen molar-refractivity contribution < 1.29 is 0 Å². The molecule has 0 amide bonds. The van der Waals surface area contributed by atoms with Crippen LogP contribution in [0.1, 0.15) is 35.4 Å². The lowest BCUT2D eigenvalue weighted by Crippen LogP contribution is -2.48. The number of nitrogens with one attached hydrogen (secondary N) is 2. The summed E-state index contributed by atoms with van der Waals surface area (Å²) in [5.41, 5.74) is 4.57. The molecule has 1 aliphatic heterocycles. The first-order chi connectivity index (χ1) is 15.6. The summed E-state index contributed by atoms with van der Waals surface area (Å²) in [7, 11) is 1.82. The SMILES string of the molecule is CN=C(NCc1ccc(-n2nc(C)cc2C)nc1)NC1CCN(Cc2ccccc2)CC1.I. The monoisotopic (exact) mass is 559 g/mol. The highest BCUT2D eigenvalue weighted by Gasteiger charge is 2.20. The molecular weight excluding hydrogens is 525 g/mol. The molecule has 2 N–H and O–H groups in total. The highest BCUT2D eigenvalue weighted by molar-refractivity contribution is 14.0. The lowest BCUT2D eigenvalue weighted by atomic mass is 10.0. The maximum Gasteiger partial charge on any atom is 0.191 e. The van der Waals surface area contributed by atoms with Crippen molar-refractivity contribution in [3.8, 4) is 5.82 Å². The zero-order valence-electron chi connectivity index (χ0n) is 19.7. The molecule has 0 atom stereocenters. The second kappa shape index (κ2) is 12.1. The van der Waals surface area contributed by atoms with E-state index in [0.717, 1.165) is 61.2 Å². The summed E-state index contributed by atoms with van der Waals surface area (Å²) in [5.74, 6) is 1.68. The summed E-state index contributed by atoms with van der Waals surface area (Å²) in [6, 6.07) is 17.3. The van der Waals surface area contributed by atoms with E-state index < -0.39 is 0 Å². The van der Waals surface area contributed by atoms with Gasteiger partial charge in [0.25, 0.3) is 0 Å². The molecule has 3 heterocycles. The second-order valence-electron chi connectivity index (χ2n) is 8.47. The normalized spacial score (nSPS) is 15.2. The Morgan fingerprint density at radius 1 is 1.06 bits per heavy atom. The smallest absolute Gasteiger partial charge is 0.191 e. The number of aryl methyl sites for hydroxylation is 2. The molecule has 3 aromatic rings. The van der Waals surface area contributed by atoms with Crippen LogP contribution in [-0.2, 0) is 13.1 Å². The Morgan fingerprint density at radius 2 is 1.82 bits per heavy atom. The average Bonchev–Trinajstić information content (AvgIpc) is 3.16. The van der Waals surface area contributed by atoms with Gasteiger partial charge in [-0.25, -0.2) is 9.67 Å². The quantitative estimate of drug-likeness (QED) is 0.273. The first-order valence-corrected chi connectivity index (χ1v) is 11.3. The van der Waals surface area contributed by atoms with Crippen molar-refractivity contribution >= 4 is 29.9 Å². The molecule has 1 fully saturated rings. The van der Waals surface area contributed by atoms with E-state index in [0.29, 0.717) is 12.6 Å². The molecule has 7 nitrogen and oxygen atoms in total. The number of aromatic nitrogens is 3. The summed E-state index contributed by atoms with van der Waals surface area (Å²) in [5, 5.41) is 11.5. The fourth-order valence-corrected chi connectivity index (χ4v) is 4.16. The van der Waals surface area contributed by atoms with Gasteiger partial charge in [0, 0.05) is 51.2 Å². The second-order valence-corrected chi connectivity index (χ2v) is 8.47. The van der Waals surface area contributed by atoms with Crippen molar-refractivity contribution in [1.29, 1.82) is 0 Å². The number of nitrogens with zero attached hydrogens (tertiary/aromatic N) is 5. The van der Waals surface area contributed by atoms with Crippen LogP contribution in [0.4, 0.5) is 0 Å². The Balaban J connectivity index is 0.00000306. The van der Waals surface area contributed by atoms with Crippen LogP contribution >= 0.6 is 24.0 Å². The van der Waals surface area contributed by atoms with E-state index in [1.807, 2.05) is 37.8 Å². The minimum atomic E-state index is 0. The highest BCUT2D eigenvalue weighted by atomic mass is 127.